The van der Waals surface area contributed by atoms with Crippen molar-refractivity contribution in [1.29, 1.82) is 0 Å². The zero-order valence-corrected chi connectivity index (χ0v) is 25.3. The summed E-state index contributed by atoms with van der Waals surface area (Å²) in [4.78, 5) is 39.3. The molecule has 0 aromatic heterocycles. The highest BCUT2D eigenvalue weighted by Crippen LogP contribution is 2.47. The summed E-state index contributed by atoms with van der Waals surface area (Å²) in [5.41, 5.74) is 3.90. The number of carbonyl (C=O) groups excluding carboxylic acids is 3. The van der Waals surface area contributed by atoms with Crippen LogP contribution in [-0.2, 0) is 19.1 Å². The molecule has 0 amide bonds. The first-order valence-electron chi connectivity index (χ1n) is 14.2. The summed E-state index contributed by atoms with van der Waals surface area (Å²) < 4.78 is 27.8. The van der Waals surface area contributed by atoms with Gasteiger partial charge in [-0.05, 0) is 74.9 Å². The largest absolute Gasteiger partial charge is 0.493 e. The van der Waals surface area contributed by atoms with Crippen molar-refractivity contribution in [3.05, 3.63) is 70.1 Å². The van der Waals surface area contributed by atoms with E-state index in [0.29, 0.717) is 59.1 Å². The number of benzene rings is 2. The van der Waals surface area contributed by atoms with E-state index in [-0.39, 0.29) is 30.0 Å². The maximum Gasteiger partial charge on any atom is 0.337 e. The molecule has 9 heteroatoms. The van der Waals surface area contributed by atoms with Gasteiger partial charge in [0.15, 0.2) is 28.8 Å². The predicted octanol–water partition coefficient (Wildman–Crippen LogP) is 5.73. The molecular weight excluding hydrogens is 538 g/mol. The number of allylic oxidation sites excluding steroid dienone is 3. The van der Waals surface area contributed by atoms with Crippen LogP contribution in [0.4, 0.5) is 0 Å². The first kappa shape index (κ1) is 30.7. The van der Waals surface area contributed by atoms with Gasteiger partial charge < -0.3 is 29.0 Å². The topological polar surface area (TPSA) is 109 Å². The molecule has 224 valence electrons. The van der Waals surface area contributed by atoms with E-state index >= 15 is 0 Å². The summed E-state index contributed by atoms with van der Waals surface area (Å²) in [5.74, 6) is 0.00304. The molecule has 0 saturated carbocycles. The van der Waals surface area contributed by atoms with Crippen LogP contribution < -0.4 is 24.3 Å². The van der Waals surface area contributed by atoms with Crippen molar-refractivity contribution in [3.63, 3.8) is 0 Å². The van der Waals surface area contributed by atoms with Crippen LogP contribution in [0.3, 0.4) is 0 Å². The summed E-state index contributed by atoms with van der Waals surface area (Å²) in [6.45, 7) is 9.08. The quantitative estimate of drug-likeness (QED) is 0.280. The maximum atomic E-state index is 14.0. The van der Waals surface area contributed by atoms with Gasteiger partial charge in [-0.3, -0.25) is 9.59 Å². The number of methoxy groups -OCH3 is 2. The third kappa shape index (κ3) is 6.30. The number of Topliss-reactive ketones (excluding diaryl/α,β-unsaturated/α-hetero) is 1. The highest BCUT2D eigenvalue weighted by molar-refractivity contribution is 6.04. The highest BCUT2D eigenvalue weighted by atomic mass is 16.6. The molecule has 3 atom stereocenters. The van der Waals surface area contributed by atoms with Crippen LogP contribution in [0.5, 0.6) is 23.0 Å². The van der Waals surface area contributed by atoms with Crippen LogP contribution >= 0.6 is 0 Å². The molecule has 1 aliphatic carbocycles. The minimum atomic E-state index is -0.692. The molecule has 2 aromatic rings. The number of hydrogen-bond acceptors (Lipinski definition) is 9. The Kier molecular flexibility index (Phi) is 9.60. The zero-order chi connectivity index (χ0) is 30.6. The van der Waals surface area contributed by atoms with Crippen LogP contribution in [0, 0.1) is 0 Å². The fourth-order valence-electron chi connectivity index (χ4n) is 5.53. The smallest absolute Gasteiger partial charge is 0.337 e. The van der Waals surface area contributed by atoms with E-state index in [9.17, 15) is 14.4 Å². The minimum absolute atomic E-state index is 0.0723. The third-order valence-corrected chi connectivity index (χ3v) is 7.66. The molecule has 42 heavy (non-hydrogen) atoms. The lowest BCUT2D eigenvalue weighted by atomic mass is 9.71. The van der Waals surface area contributed by atoms with E-state index < -0.39 is 17.9 Å². The van der Waals surface area contributed by atoms with E-state index in [1.807, 2.05) is 45.9 Å². The number of hydrogen-bond donors (Lipinski definition) is 1. The molecule has 0 bridgehead atoms. The summed E-state index contributed by atoms with van der Waals surface area (Å²) in [6, 6.07) is 10.8. The van der Waals surface area contributed by atoms with Gasteiger partial charge >= 0.3 is 11.9 Å². The number of esters is 2. The molecule has 0 radical (unpaired) electrons. The molecule has 1 aliphatic heterocycles. The molecule has 0 saturated heterocycles. The fourth-order valence-corrected chi connectivity index (χ4v) is 5.53. The van der Waals surface area contributed by atoms with Crippen LogP contribution in [0.25, 0.3) is 0 Å². The second-order valence-corrected chi connectivity index (χ2v) is 10.5. The number of ketones is 1. The molecule has 2 aliphatic rings. The maximum absolute atomic E-state index is 14.0. The molecule has 4 rings (SSSR count). The van der Waals surface area contributed by atoms with Gasteiger partial charge in [-0.25, -0.2) is 4.79 Å². The second-order valence-electron chi connectivity index (χ2n) is 10.5. The Hall–Kier alpha value is -4.27. The molecule has 0 spiro atoms. The fraction of sp³-hybridized carbons (Fsp3) is 0.424. The Balaban J connectivity index is 1.82. The normalized spacial score (nSPS) is 19.0. The number of ether oxygens (including phenoxy) is 5. The third-order valence-electron chi connectivity index (χ3n) is 7.66. The Labute approximate surface area is 246 Å². The first-order chi connectivity index (χ1) is 20.1. The summed E-state index contributed by atoms with van der Waals surface area (Å²) in [6.07, 6.45) is 1.17. The number of rotatable bonds is 10. The van der Waals surface area contributed by atoms with Crippen LogP contribution in [0.1, 0.15) is 76.8 Å². The molecular formula is C33H39NO8. The lowest BCUT2D eigenvalue weighted by Crippen LogP contribution is -2.36. The molecule has 1 N–H and O–H groups in total. The van der Waals surface area contributed by atoms with Crippen molar-refractivity contribution in [2.24, 2.45) is 0 Å². The monoisotopic (exact) mass is 577 g/mol. The Bertz CT molecular complexity index is 1440. The molecule has 9 nitrogen and oxygen atoms in total. The predicted molar refractivity (Wildman–Crippen MR) is 157 cm³/mol. The number of nitrogens with one attached hydrogen (secondary N) is 1. The van der Waals surface area contributed by atoms with Crippen molar-refractivity contribution in [3.8, 4) is 23.0 Å². The van der Waals surface area contributed by atoms with E-state index in [2.05, 4.69) is 5.32 Å². The van der Waals surface area contributed by atoms with Crippen molar-refractivity contribution < 1.29 is 38.1 Å². The number of carbonyl (C=O) groups is 3. The number of dihydropyridines is 1. The van der Waals surface area contributed by atoms with Gasteiger partial charge in [0.2, 0.25) is 0 Å². The zero-order valence-electron chi connectivity index (χ0n) is 25.3. The summed E-state index contributed by atoms with van der Waals surface area (Å²) in [7, 11) is 3.17. The van der Waals surface area contributed by atoms with E-state index in [4.69, 9.17) is 23.7 Å². The molecule has 0 fully saturated rings. The Morgan fingerprint density at radius 2 is 1.62 bits per heavy atom. The first-order valence-corrected chi connectivity index (χ1v) is 14.2. The van der Waals surface area contributed by atoms with Gasteiger partial charge in [-0.2, -0.15) is 0 Å². The van der Waals surface area contributed by atoms with Gasteiger partial charge in [-0.15, -0.1) is 0 Å². The average molecular weight is 578 g/mol. The van der Waals surface area contributed by atoms with Gasteiger partial charge in [0.1, 0.15) is 0 Å². The van der Waals surface area contributed by atoms with Gasteiger partial charge in [0.25, 0.3) is 0 Å². The Morgan fingerprint density at radius 1 is 0.952 bits per heavy atom. The van der Waals surface area contributed by atoms with Gasteiger partial charge in [-0.1, -0.05) is 19.1 Å². The van der Waals surface area contributed by atoms with Crippen molar-refractivity contribution in [1.82, 2.24) is 5.32 Å². The van der Waals surface area contributed by atoms with E-state index in [1.165, 1.54) is 6.92 Å². The van der Waals surface area contributed by atoms with Crippen LogP contribution in [0.15, 0.2) is 58.9 Å². The minimum Gasteiger partial charge on any atom is -0.493 e. The lowest BCUT2D eigenvalue weighted by molar-refractivity contribution is -0.144. The standard InChI is InChI=1S/C33H39NO8/c1-8-18(3)41-33(37)30-19(4)34-24-14-23(21-10-12-26(38-6)28(16-21)39-7)15-25(36)32(24)31(30)22-11-13-27(42-20(5)35)29(17-22)40-9-2/h10-13,16-18,23,31,34H,8-9,14-15H2,1-7H3/t18-,23+,31-/m0/s1. The van der Waals surface area contributed by atoms with E-state index in [1.54, 1.807) is 32.4 Å². The Morgan fingerprint density at radius 3 is 2.26 bits per heavy atom. The molecule has 2 aromatic carbocycles. The van der Waals surface area contributed by atoms with Gasteiger partial charge in [0, 0.05) is 36.2 Å². The van der Waals surface area contributed by atoms with Crippen LogP contribution in [0.2, 0.25) is 0 Å². The van der Waals surface area contributed by atoms with Crippen molar-refractivity contribution in [2.75, 3.05) is 20.8 Å². The van der Waals surface area contributed by atoms with Crippen LogP contribution in [-0.4, -0.2) is 44.7 Å². The lowest BCUT2D eigenvalue weighted by Gasteiger charge is -2.37. The van der Waals surface area contributed by atoms with Crippen molar-refractivity contribution in [2.45, 2.75) is 71.8 Å². The second kappa shape index (κ2) is 13.1. The summed E-state index contributed by atoms with van der Waals surface area (Å²) >= 11 is 0. The molecule has 1 heterocycles. The molecule has 0 unspecified atom stereocenters. The average Bonchev–Trinajstić information content (AvgIpc) is 2.96. The summed E-state index contributed by atoms with van der Waals surface area (Å²) in [5, 5.41) is 3.38. The van der Waals surface area contributed by atoms with Gasteiger partial charge in [0.05, 0.1) is 32.5 Å². The van der Waals surface area contributed by atoms with Crippen molar-refractivity contribution >= 4 is 17.7 Å². The van der Waals surface area contributed by atoms with E-state index in [0.717, 1.165) is 11.3 Å². The highest BCUT2D eigenvalue weighted by Gasteiger charge is 2.42. The SMILES string of the molecule is CCOc1cc([C@H]2C(C(=O)O[C@@H](C)CC)=C(C)NC3=C2C(=O)C[C@H](c2ccc(OC)c(OC)c2)C3)ccc1OC(C)=O.